The summed E-state index contributed by atoms with van der Waals surface area (Å²) in [6, 6.07) is 21.8. The van der Waals surface area contributed by atoms with Crippen molar-refractivity contribution in [3.8, 4) is 0 Å². The van der Waals surface area contributed by atoms with Crippen LogP contribution in [-0.4, -0.2) is 37.3 Å². The number of hydrogen-bond acceptors (Lipinski definition) is 2. The van der Waals surface area contributed by atoms with Gasteiger partial charge >= 0.3 is 0 Å². The molecule has 1 saturated carbocycles. The van der Waals surface area contributed by atoms with Crippen molar-refractivity contribution in [1.29, 1.82) is 0 Å². The molecule has 0 aromatic heterocycles. The molecule has 1 spiro atoms. The molecule has 2 aromatic rings. The van der Waals surface area contributed by atoms with Crippen molar-refractivity contribution in [1.82, 2.24) is 4.90 Å². The van der Waals surface area contributed by atoms with Crippen LogP contribution in [0.2, 0.25) is 5.04 Å². The van der Waals surface area contributed by atoms with Crippen molar-refractivity contribution in [3.63, 3.8) is 0 Å². The van der Waals surface area contributed by atoms with E-state index in [9.17, 15) is 4.79 Å². The van der Waals surface area contributed by atoms with Gasteiger partial charge in [-0.05, 0) is 53.4 Å². The lowest BCUT2D eigenvalue weighted by molar-refractivity contribution is -0.159. The van der Waals surface area contributed by atoms with Crippen LogP contribution in [-0.2, 0) is 9.22 Å². The van der Waals surface area contributed by atoms with Crippen molar-refractivity contribution in [3.05, 3.63) is 60.7 Å². The molecule has 176 valence electrons. The predicted molar refractivity (Wildman–Crippen MR) is 137 cm³/mol. The third kappa shape index (κ3) is 3.79. The molecular formula is C29H39NO2Si. The quantitative estimate of drug-likeness (QED) is 0.580. The molecule has 2 saturated heterocycles. The van der Waals surface area contributed by atoms with Crippen LogP contribution < -0.4 is 10.4 Å². The summed E-state index contributed by atoms with van der Waals surface area (Å²) in [5.41, 5.74) is 0.110. The summed E-state index contributed by atoms with van der Waals surface area (Å²) < 4.78 is 7.43. The maximum Gasteiger partial charge on any atom is 0.261 e. The first-order chi connectivity index (χ1) is 15.9. The normalized spacial score (nSPS) is 28.2. The first-order valence-electron chi connectivity index (χ1n) is 13.0. The average Bonchev–Trinajstić information content (AvgIpc) is 2.83. The molecule has 0 radical (unpaired) electrons. The molecular weight excluding hydrogens is 422 g/mol. The van der Waals surface area contributed by atoms with Crippen molar-refractivity contribution in [2.45, 2.75) is 88.8 Å². The van der Waals surface area contributed by atoms with E-state index in [2.05, 4.69) is 86.3 Å². The van der Waals surface area contributed by atoms with Crippen LogP contribution in [0.5, 0.6) is 0 Å². The van der Waals surface area contributed by atoms with Gasteiger partial charge in [-0.3, -0.25) is 4.79 Å². The minimum absolute atomic E-state index is 0.0376. The minimum atomic E-state index is -2.60. The van der Waals surface area contributed by atoms with Crippen molar-refractivity contribution >= 4 is 24.6 Å². The number of amides is 1. The van der Waals surface area contributed by atoms with Gasteiger partial charge in [0, 0.05) is 18.5 Å². The first-order valence-corrected chi connectivity index (χ1v) is 14.9. The molecule has 2 aromatic carbocycles. The van der Waals surface area contributed by atoms with Crippen molar-refractivity contribution in [2.75, 3.05) is 6.54 Å². The van der Waals surface area contributed by atoms with Gasteiger partial charge in [0.2, 0.25) is 5.91 Å². The Balaban J connectivity index is 1.53. The molecule has 0 N–H and O–H groups in total. The lowest BCUT2D eigenvalue weighted by Crippen LogP contribution is -2.70. The van der Waals surface area contributed by atoms with Gasteiger partial charge in [-0.1, -0.05) is 94.3 Å². The molecule has 3 aliphatic rings. The topological polar surface area (TPSA) is 29.5 Å². The number of rotatable bonds is 4. The largest absolute Gasteiger partial charge is 0.403 e. The number of carbonyl (C=O) groups excluding carboxylic acids is 1. The van der Waals surface area contributed by atoms with E-state index < -0.39 is 8.32 Å². The molecule has 3 nitrogen and oxygen atoms in total. The third-order valence-electron chi connectivity index (χ3n) is 8.76. The number of carbonyl (C=O) groups is 1. The number of piperidine rings is 2. The fourth-order valence-electron chi connectivity index (χ4n) is 7.24. The highest BCUT2D eigenvalue weighted by Crippen LogP contribution is 2.50. The van der Waals surface area contributed by atoms with Gasteiger partial charge in [-0.2, -0.15) is 0 Å². The Bertz CT molecular complexity index is 931. The van der Waals surface area contributed by atoms with Gasteiger partial charge in [-0.25, -0.2) is 0 Å². The Kier molecular flexibility index (Phi) is 6.03. The number of nitrogens with zero attached hydrogens (tertiary/aromatic N) is 1. The number of benzene rings is 2. The molecule has 4 heteroatoms. The van der Waals surface area contributed by atoms with Gasteiger partial charge in [0.25, 0.3) is 8.32 Å². The van der Waals surface area contributed by atoms with Crippen LogP contribution in [0.25, 0.3) is 0 Å². The molecule has 2 aliphatic heterocycles. The molecule has 33 heavy (non-hydrogen) atoms. The summed E-state index contributed by atoms with van der Waals surface area (Å²) in [6.45, 7) is 7.78. The molecule has 3 atom stereocenters. The molecule has 3 fully saturated rings. The first kappa shape index (κ1) is 22.9. The Morgan fingerprint density at radius 1 is 0.879 bits per heavy atom. The Hall–Kier alpha value is -1.91. The van der Waals surface area contributed by atoms with Crippen LogP contribution >= 0.6 is 0 Å². The fourth-order valence-corrected chi connectivity index (χ4v) is 11.9. The predicted octanol–water partition coefficient (Wildman–Crippen LogP) is 5.28. The van der Waals surface area contributed by atoms with Crippen LogP contribution in [0.3, 0.4) is 0 Å². The minimum Gasteiger partial charge on any atom is -0.403 e. The van der Waals surface area contributed by atoms with E-state index in [4.69, 9.17) is 4.43 Å². The van der Waals surface area contributed by atoms with Gasteiger partial charge in [-0.15, -0.1) is 0 Å². The van der Waals surface area contributed by atoms with Gasteiger partial charge < -0.3 is 9.33 Å². The second kappa shape index (κ2) is 8.70. The second-order valence-electron chi connectivity index (χ2n) is 11.5. The number of hydrogen-bond donors (Lipinski definition) is 0. The van der Waals surface area contributed by atoms with E-state index in [1.54, 1.807) is 0 Å². The summed E-state index contributed by atoms with van der Waals surface area (Å²) in [5, 5.41) is 2.61. The maximum atomic E-state index is 13.2. The van der Waals surface area contributed by atoms with E-state index in [-0.39, 0.29) is 16.7 Å². The van der Waals surface area contributed by atoms with Crippen LogP contribution in [0.15, 0.2) is 60.7 Å². The second-order valence-corrected chi connectivity index (χ2v) is 15.8. The standard InChI is InChI=1S/C29H39NO2Si/c1-28(2,3)33(25-13-6-4-7-14-25,26-15-8-5-9-16-26)32-24-19-21-29-20-11-10-12-23(29)17-18-27(31)30(29)22-24/h4-9,13-16,23-24H,10-12,17-22H2,1-3H3/t23-,24+,29-/m0/s1. The zero-order chi connectivity index (χ0) is 23.1. The zero-order valence-electron chi connectivity index (χ0n) is 20.6. The molecule has 0 unspecified atom stereocenters. The van der Waals surface area contributed by atoms with Crippen molar-refractivity contribution in [2.24, 2.45) is 5.92 Å². The van der Waals surface area contributed by atoms with Crippen LogP contribution in [0, 0.1) is 5.92 Å². The third-order valence-corrected chi connectivity index (χ3v) is 13.9. The molecule has 0 bridgehead atoms. The fraction of sp³-hybridized carbons (Fsp3) is 0.552. The van der Waals surface area contributed by atoms with Crippen LogP contribution in [0.1, 0.15) is 72.1 Å². The average molecular weight is 462 g/mol. The molecule has 1 aliphatic carbocycles. The highest BCUT2D eigenvalue weighted by atomic mass is 28.4. The summed E-state index contributed by atoms with van der Waals surface area (Å²) in [7, 11) is -2.60. The molecule has 2 heterocycles. The van der Waals surface area contributed by atoms with Crippen molar-refractivity contribution < 1.29 is 9.22 Å². The Morgan fingerprint density at radius 3 is 2.12 bits per heavy atom. The van der Waals surface area contributed by atoms with E-state index >= 15 is 0 Å². The van der Waals surface area contributed by atoms with Gasteiger partial charge in [0.1, 0.15) is 0 Å². The summed E-state index contributed by atoms with van der Waals surface area (Å²) >= 11 is 0. The van der Waals surface area contributed by atoms with Crippen LogP contribution in [0.4, 0.5) is 0 Å². The molecule has 5 rings (SSSR count). The highest BCUT2D eigenvalue weighted by Gasteiger charge is 2.56. The summed E-state index contributed by atoms with van der Waals surface area (Å²) in [4.78, 5) is 15.5. The lowest BCUT2D eigenvalue weighted by atomic mass is 9.63. The van der Waals surface area contributed by atoms with E-state index in [1.165, 1.54) is 36.1 Å². The highest BCUT2D eigenvalue weighted by molar-refractivity contribution is 6.99. The van der Waals surface area contributed by atoms with Gasteiger partial charge in [0.15, 0.2) is 0 Å². The Labute approximate surface area is 200 Å². The van der Waals surface area contributed by atoms with Gasteiger partial charge in [0.05, 0.1) is 6.10 Å². The van der Waals surface area contributed by atoms with E-state index in [0.29, 0.717) is 11.8 Å². The lowest BCUT2D eigenvalue weighted by Gasteiger charge is -2.59. The Morgan fingerprint density at radius 2 is 1.52 bits per heavy atom. The maximum absolute atomic E-state index is 13.2. The zero-order valence-corrected chi connectivity index (χ0v) is 21.6. The molecule has 1 amide bonds. The smallest absolute Gasteiger partial charge is 0.261 e. The van der Waals surface area contributed by atoms with E-state index in [1.807, 2.05) is 0 Å². The summed E-state index contributed by atoms with van der Waals surface area (Å²) in [6.07, 6.45) is 9.15. The monoisotopic (exact) mass is 461 g/mol. The summed E-state index contributed by atoms with van der Waals surface area (Å²) in [5.74, 6) is 1.06. The SMILES string of the molecule is CC(C)(C)[Si](O[C@@H]1CC[C@@]23CCCC[C@H]2CCC(=O)N3C1)(c1ccccc1)c1ccccc1. The van der Waals surface area contributed by atoms with E-state index in [0.717, 1.165) is 32.2 Å².